The van der Waals surface area contributed by atoms with Crippen molar-refractivity contribution < 1.29 is 8.42 Å². The van der Waals surface area contributed by atoms with Crippen molar-refractivity contribution in [3.05, 3.63) is 11.9 Å². The Balaban J connectivity index is 2.29. The summed E-state index contributed by atoms with van der Waals surface area (Å²) < 4.78 is 23.1. The minimum absolute atomic E-state index is 0.0808. The van der Waals surface area contributed by atoms with Crippen molar-refractivity contribution in [3.8, 4) is 0 Å². The number of nitrogens with two attached hydrogens (primary N) is 1. The highest BCUT2D eigenvalue weighted by atomic mass is 32.2. The number of nitrogen functional groups attached to an aromatic ring is 1. The van der Waals surface area contributed by atoms with Crippen LogP contribution in [0.2, 0.25) is 0 Å². The van der Waals surface area contributed by atoms with Gasteiger partial charge in [-0.1, -0.05) is 6.92 Å². The summed E-state index contributed by atoms with van der Waals surface area (Å²) in [7, 11) is -2.91. The van der Waals surface area contributed by atoms with Crippen LogP contribution in [0.25, 0.3) is 0 Å². The van der Waals surface area contributed by atoms with Gasteiger partial charge in [0, 0.05) is 25.1 Å². The number of nitrogens with zero attached hydrogens (tertiary/aromatic N) is 3. The minimum atomic E-state index is -2.91. The van der Waals surface area contributed by atoms with Crippen LogP contribution in [-0.4, -0.2) is 42.5 Å². The van der Waals surface area contributed by atoms with E-state index in [9.17, 15) is 8.42 Å². The highest BCUT2D eigenvalue weighted by Crippen LogP contribution is 2.21. The quantitative estimate of drug-likeness (QED) is 0.828. The van der Waals surface area contributed by atoms with Crippen molar-refractivity contribution in [2.45, 2.75) is 26.3 Å². The van der Waals surface area contributed by atoms with Crippen LogP contribution < -0.4 is 10.6 Å². The van der Waals surface area contributed by atoms with Crippen LogP contribution in [0.4, 0.5) is 11.6 Å². The molecule has 0 radical (unpaired) electrons. The van der Waals surface area contributed by atoms with E-state index in [2.05, 4.69) is 9.97 Å². The molecule has 0 aromatic carbocycles. The third-order valence-electron chi connectivity index (χ3n) is 3.06. The fourth-order valence-corrected chi connectivity index (χ4v) is 3.70. The smallest absolute Gasteiger partial charge is 0.154 e. The Labute approximate surface area is 107 Å². The van der Waals surface area contributed by atoms with Crippen LogP contribution in [0.5, 0.6) is 0 Å². The van der Waals surface area contributed by atoms with Crippen molar-refractivity contribution >= 4 is 21.5 Å². The SMILES string of the molecule is CCc1nc(N)cc(N2CCS(=O)(=O)CC2C)n1. The molecule has 0 amide bonds. The monoisotopic (exact) mass is 270 g/mol. The van der Waals surface area contributed by atoms with E-state index in [-0.39, 0.29) is 17.5 Å². The van der Waals surface area contributed by atoms with Gasteiger partial charge in [0.05, 0.1) is 11.5 Å². The van der Waals surface area contributed by atoms with Crippen molar-refractivity contribution in [1.29, 1.82) is 0 Å². The number of rotatable bonds is 2. The van der Waals surface area contributed by atoms with Crippen LogP contribution in [-0.2, 0) is 16.3 Å². The molecule has 1 aromatic heterocycles. The third kappa shape index (κ3) is 2.72. The summed E-state index contributed by atoms with van der Waals surface area (Å²) in [6.45, 7) is 4.31. The number of aryl methyl sites for hydroxylation is 1. The molecule has 6 nitrogen and oxygen atoms in total. The highest BCUT2D eigenvalue weighted by Gasteiger charge is 2.29. The lowest BCUT2D eigenvalue weighted by atomic mass is 10.3. The second-order valence-corrected chi connectivity index (χ2v) is 6.81. The molecule has 0 spiro atoms. The summed E-state index contributed by atoms with van der Waals surface area (Å²) in [5.41, 5.74) is 5.74. The first-order chi connectivity index (χ1) is 8.41. The zero-order chi connectivity index (χ0) is 13.3. The van der Waals surface area contributed by atoms with Gasteiger partial charge in [-0.15, -0.1) is 0 Å². The van der Waals surface area contributed by atoms with Gasteiger partial charge in [-0.3, -0.25) is 0 Å². The number of hydrogen-bond donors (Lipinski definition) is 1. The van der Waals surface area contributed by atoms with E-state index in [0.29, 0.717) is 24.6 Å². The van der Waals surface area contributed by atoms with Gasteiger partial charge in [0.25, 0.3) is 0 Å². The summed E-state index contributed by atoms with van der Waals surface area (Å²) in [6.07, 6.45) is 0.707. The Morgan fingerprint density at radius 1 is 1.50 bits per heavy atom. The molecule has 1 saturated heterocycles. The van der Waals surface area contributed by atoms with Crippen molar-refractivity contribution in [1.82, 2.24) is 9.97 Å². The summed E-state index contributed by atoms with van der Waals surface area (Å²) in [6, 6.07) is 1.62. The van der Waals surface area contributed by atoms with Gasteiger partial charge in [0.15, 0.2) is 9.84 Å². The molecule has 2 rings (SSSR count). The molecule has 0 bridgehead atoms. The Kier molecular flexibility index (Phi) is 3.43. The van der Waals surface area contributed by atoms with E-state index >= 15 is 0 Å². The fourth-order valence-electron chi connectivity index (χ4n) is 2.15. The number of aromatic nitrogens is 2. The molecular weight excluding hydrogens is 252 g/mol. The van der Waals surface area contributed by atoms with Crippen molar-refractivity contribution in [2.24, 2.45) is 0 Å². The lowest BCUT2D eigenvalue weighted by Crippen LogP contribution is -2.47. The van der Waals surface area contributed by atoms with Crippen molar-refractivity contribution in [2.75, 3.05) is 28.7 Å². The average molecular weight is 270 g/mol. The zero-order valence-electron chi connectivity index (χ0n) is 10.6. The Morgan fingerprint density at radius 2 is 2.22 bits per heavy atom. The first-order valence-corrected chi connectivity index (χ1v) is 7.84. The average Bonchev–Trinajstić information content (AvgIpc) is 2.26. The molecule has 1 unspecified atom stereocenters. The summed E-state index contributed by atoms with van der Waals surface area (Å²) in [4.78, 5) is 10.5. The predicted molar refractivity (Wildman–Crippen MR) is 71.3 cm³/mol. The molecule has 1 aliphatic rings. The molecule has 1 atom stereocenters. The molecule has 1 aliphatic heterocycles. The predicted octanol–water partition coefficient (Wildman–Crippen LogP) is 0.244. The molecular formula is C11H18N4O2S. The largest absolute Gasteiger partial charge is 0.384 e. The van der Waals surface area contributed by atoms with Gasteiger partial charge in [0.1, 0.15) is 17.5 Å². The Morgan fingerprint density at radius 3 is 2.83 bits per heavy atom. The normalized spacial score (nSPS) is 23.0. The Bertz CT molecular complexity index is 544. The van der Waals surface area contributed by atoms with Gasteiger partial charge in [0.2, 0.25) is 0 Å². The van der Waals surface area contributed by atoms with Crippen molar-refractivity contribution in [3.63, 3.8) is 0 Å². The molecule has 1 fully saturated rings. The summed E-state index contributed by atoms with van der Waals surface area (Å²) in [5, 5.41) is 0. The van der Waals surface area contributed by atoms with E-state index in [0.717, 1.165) is 5.82 Å². The van der Waals surface area contributed by atoms with Gasteiger partial charge >= 0.3 is 0 Å². The van der Waals surface area contributed by atoms with Gasteiger partial charge < -0.3 is 10.6 Å². The second kappa shape index (κ2) is 4.72. The van der Waals surface area contributed by atoms with Crippen LogP contribution in [0, 0.1) is 0 Å². The maximum atomic E-state index is 11.5. The highest BCUT2D eigenvalue weighted by molar-refractivity contribution is 7.91. The van der Waals surface area contributed by atoms with Crippen LogP contribution in [0.15, 0.2) is 6.07 Å². The van der Waals surface area contributed by atoms with Gasteiger partial charge in [-0.2, -0.15) is 0 Å². The molecule has 1 aromatic rings. The van der Waals surface area contributed by atoms with Gasteiger partial charge in [-0.25, -0.2) is 18.4 Å². The molecule has 0 saturated carbocycles. The molecule has 2 N–H and O–H groups in total. The van der Waals surface area contributed by atoms with Crippen LogP contribution in [0.1, 0.15) is 19.7 Å². The van der Waals surface area contributed by atoms with Gasteiger partial charge in [-0.05, 0) is 6.92 Å². The van der Waals surface area contributed by atoms with Crippen LogP contribution in [0.3, 0.4) is 0 Å². The number of hydrogen-bond acceptors (Lipinski definition) is 6. The summed E-state index contributed by atoms with van der Waals surface area (Å²) >= 11 is 0. The molecule has 7 heteroatoms. The lowest BCUT2D eigenvalue weighted by molar-refractivity contribution is 0.566. The molecule has 18 heavy (non-hydrogen) atoms. The van der Waals surface area contributed by atoms with E-state index in [1.807, 2.05) is 18.7 Å². The molecule has 0 aliphatic carbocycles. The molecule has 100 valence electrons. The number of sulfone groups is 1. The minimum Gasteiger partial charge on any atom is -0.384 e. The van der Waals surface area contributed by atoms with E-state index in [1.54, 1.807) is 6.07 Å². The molecule has 2 heterocycles. The first-order valence-electron chi connectivity index (χ1n) is 6.02. The van der Waals surface area contributed by atoms with E-state index in [1.165, 1.54) is 0 Å². The second-order valence-electron chi connectivity index (χ2n) is 4.58. The van der Waals surface area contributed by atoms with E-state index in [4.69, 9.17) is 5.73 Å². The topological polar surface area (TPSA) is 89.2 Å². The number of anilines is 2. The zero-order valence-corrected chi connectivity index (χ0v) is 11.4. The fraction of sp³-hybridized carbons (Fsp3) is 0.636. The van der Waals surface area contributed by atoms with Crippen LogP contribution >= 0.6 is 0 Å². The first kappa shape index (κ1) is 13.1. The maximum absolute atomic E-state index is 11.5. The standard InChI is InChI=1S/C11H18N4O2S/c1-3-10-13-9(12)6-11(14-10)15-4-5-18(16,17)7-8(15)2/h6,8H,3-5,7H2,1-2H3,(H2,12,13,14). The maximum Gasteiger partial charge on any atom is 0.154 e. The summed E-state index contributed by atoms with van der Waals surface area (Å²) in [5.74, 6) is 2.17. The van der Waals surface area contributed by atoms with E-state index < -0.39 is 9.84 Å². The lowest BCUT2D eigenvalue weighted by Gasteiger charge is -2.34. The third-order valence-corrected chi connectivity index (χ3v) is 4.85. The Hall–Kier alpha value is -1.37.